The molecule has 0 aliphatic carbocycles. The zero-order chi connectivity index (χ0) is 12.3. The Morgan fingerprint density at radius 2 is 2.12 bits per heavy atom. The van der Waals surface area contributed by atoms with Crippen molar-refractivity contribution in [1.82, 2.24) is 15.2 Å². The molecule has 0 saturated carbocycles. The number of ether oxygens (including phenoxy) is 1. The predicted molar refractivity (Wildman–Crippen MR) is 61.0 cm³/mol. The average molecular weight is 296 g/mol. The summed E-state index contributed by atoms with van der Waals surface area (Å²) >= 11 is 3.25. The van der Waals surface area contributed by atoms with Gasteiger partial charge < -0.3 is 9.84 Å². The van der Waals surface area contributed by atoms with Crippen LogP contribution >= 0.6 is 15.9 Å². The van der Waals surface area contributed by atoms with Crippen molar-refractivity contribution in [3.63, 3.8) is 0 Å². The van der Waals surface area contributed by atoms with E-state index in [0.29, 0.717) is 5.75 Å². The molecule has 0 aliphatic rings. The molecule has 2 aromatic rings. The molecule has 7 heteroatoms. The van der Waals surface area contributed by atoms with E-state index in [1.165, 1.54) is 18.3 Å². The van der Waals surface area contributed by atoms with Crippen LogP contribution in [0.25, 0.3) is 0 Å². The second kappa shape index (κ2) is 4.88. The van der Waals surface area contributed by atoms with E-state index in [1.54, 1.807) is 12.3 Å². The summed E-state index contributed by atoms with van der Waals surface area (Å²) in [6, 6.07) is 4.45. The van der Waals surface area contributed by atoms with E-state index in [-0.39, 0.29) is 11.6 Å². The minimum Gasteiger partial charge on any atom is -0.476 e. The molecule has 86 valence electrons. The van der Waals surface area contributed by atoms with E-state index in [0.717, 1.165) is 4.47 Å². The quantitative estimate of drug-likeness (QED) is 0.933. The zero-order valence-electron chi connectivity index (χ0n) is 8.37. The lowest BCUT2D eigenvalue weighted by molar-refractivity contribution is 0.0689. The van der Waals surface area contributed by atoms with E-state index < -0.39 is 5.97 Å². The van der Waals surface area contributed by atoms with E-state index >= 15 is 0 Å². The molecule has 1 N–H and O–H groups in total. The molecular weight excluding hydrogens is 290 g/mol. The number of aromatic carboxylic acids is 1. The molecule has 0 bridgehead atoms. The largest absolute Gasteiger partial charge is 0.476 e. The summed E-state index contributed by atoms with van der Waals surface area (Å²) in [6.07, 6.45) is 3.13. The van der Waals surface area contributed by atoms with Gasteiger partial charge in [0, 0.05) is 16.7 Å². The van der Waals surface area contributed by atoms with Crippen molar-refractivity contribution >= 4 is 21.9 Å². The van der Waals surface area contributed by atoms with Gasteiger partial charge in [0.1, 0.15) is 5.75 Å². The monoisotopic (exact) mass is 295 g/mol. The predicted octanol–water partition coefficient (Wildman–Crippen LogP) is 2.12. The van der Waals surface area contributed by atoms with E-state index in [1.807, 2.05) is 0 Å². The zero-order valence-corrected chi connectivity index (χ0v) is 9.96. The van der Waals surface area contributed by atoms with Crippen LogP contribution in [-0.4, -0.2) is 26.3 Å². The molecule has 0 spiro atoms. The van der Waals surface area contributed by atoms with Crippen LogP contribution in [0.2, 0.25) is 0 Å². The summed E-state index contributed by atoms with van der Waals surface area (Å²) in [5.74, 6) is -0.445. The fourth-order valence-electron chi connectivity index (χ4n) is 1.06. The Kier molecular flexibility index (Phi) is 3.29. The van der Waals surface area contributed by atoms with Gasteiger partial charge in [-0.15, -0.1) is 10.2 Å². The van der Waals surface area contributed by atoms with Crippen molar-refractivity contribution < 1.29 is 14.6 Å². The highest BCUT2D eigenvalue weighted by Crippen LogP contribution is 2.21. The first-order valence-corrected chi connectivity index (χ1v) is 5.30. The molecule has 0 aromatic carbocycles. The van der Waals surface area contributed by atoms with Gasteiger partial charge in [-0.3, -0.25) is 4.98 Å². The van der Waals surface area contributed by atoms with Gasteiger partial charge in [0.2, 0.25) is 5.88 Å². The Labute approximate surface area is 104 Å². The third-order valence-electron chi connectivity index (χ3n) is 1.76. The van der Waals surface area contributed by atoms with Crippen LogP contribution in [0.1, 0.15) is 10.5 Å². The van der Waals surface area contributed by atoms with Crippen LogP contribution in [0.5, 0.6) is 11.6 Å². The molecule has 2 rings (SSSR count). The maximum Gasteiger partial charge on any atom is 0.356 e. The summed E-state index contributed by atoms with van der Waals surface area (Å²) in [6.45, 7) is 0. The highest BCUT2D eigenvalue weighted by molar-refractivity contribution is 9.10. The van der Waals surface area contributed by atoms with Crippen molar-refractivity contribution in [2.45, 2.75) is 0 Å². The molecular formula is C10H6BrN3O3. The van der Waals surface area contributed by atoms with Gasteiger partial charge in [-0.05, 0) is 28.1 Å². The molecule has 0 fully saturated rings. The fourth-order valence-corrected chi connectivity index (χ4v) is 1.40. The minimum absolute atomic E-state index is 0.135. The number of pyridine rings is 1. The van der Waals surface area contributed by atoms with E-state index in [4.69, 9.17) is 9.84 Å². The van der Waals surface area contributed by atoms with Gasteiger partial charge in [0.05, 0.1) is 6.20 Å². The molecule has 17 heavy (non-hydrogen) atoms. The Bertz CT molecular complexity index is 545. The summed E-state index contributed by atoms with van der Waals surface area (Å²) in [7, 11) is 0. The summed E-state index contributed by atoms with van der Waals surface area (Å²) < 4.78 is 6.10. The summed E-state index contributed by atoms with van der Waals surface area (Å²) in [4.78, 5) is 14.5. The highest BCUT2D eigenvalue weighted by atomic mass is 79.9. The number of carbonyl (C=O) groups is 1. The normalized spacial score (nSPS) is 9.94. The van der Waals surface area contributed by atoms with Gasteiger partial charge in [0.15, 0.2) is 5.69 Å². The van der Waals surface area contributed by atoms with Crippen LogP contribution in [0, 0.1) is 0 Å². The van der Waals surface area contributed by atoms with Crippen molar-refractivity contribution in [2.75, 3.05) is 0 Å². The molecule has 2 heterocycles. The molecule has 0 saturated heterocycles. The summed E-state index contributed by atoms with van der Waals surface area (Å²) in [5.41, 5.74) is -0.135. The van der Waals surface area contributed by atoms with Crippen molar-refractivity contribution in [2.24, 2.45) is 0 Å². The Morgan fingerprint density at radius 3 is 2.71 bits per heavy atom. The van der Waals surface area contributed by atoms with Crippen molar-refractivity contribution in [3.05, 3.63) is 40.8 Å². The van der Waals surface area contributed by atoms with Crippen molar-refractivity contribution in [3.8, 4) is 11.6 Å². The SMILES string of the molecule is O=C(O)c1ccc(Oc2cncc(Br)c2)nn1. The van der Waals surface area contributed by atoms with E-state index in [2.05, 4.69) is 31.1 Å². The molecule has 0 radical (unpaired) electrons. The first kappa shape index (κ1) is 11.5. The Balaban J connectivity index is 2.16. The van der Waals surface area contributed by atoms with E-state index in [9.17, 15) is 4.79 Å². The lowest BCUT2D eigenvalue weighted by Gasteiger charge is -2.03. The maximum atomic E-state index is 10.6. The number of nitrogens with zero attached hydrogens (tertiary/aromatic N) is 3. The number of carboxylic acids is 1. The molecule has 0 amide bonds. The molecule has 6 nitrogen and oxygen atoms in total. The number of aromatic nitrogens is 3. The second-order valence-electron chi connectivity index (χ2n) is 3.00. The second-order valence-corrected chi connectivity index (χ2v) is 3.92. The molecule has 0 aliphatic heterocycles. The van der Waals surface area contributed by atoms with Crippen LogP contribution < -0.4 is 4.74 Å². The number of hydrogen-bond acceptors (Lipinski definition) is 5. The fraction of sp³-hybridized carbons (Fsp3) is 0. The standard InChI is InChI=1S/C10H6BrN3O3/c11-6-3-7(5-12-4-6)17-9-2-1-8(10(15)16)13-14-9/h1-5H,(H,15,16). The first-order chi connectivity index (χ1) is 8.15. The van der Waals surface area contributed by atoms with Gasteiger partial charge in [0.25, 0.3) is 0 Å². The molecule has 0 atom stereocenters. The van der Waals surface area contributed by atoms with Gasteiger partial charge in [-0.25, -0.2) is 4.79 Å². The lowest BCUT2D eigenvalue weighted by atomic mass is 10.4. The Morgan fingerprint density at radius 1 is 1.29 bits per heavy atom. The average Bonchev–Trinajstić information content (AvgIpc) is 2.29. The van der Waals surface area contributed by atoms with Crippen LogP contribution in [-0.2, 0) is 0 Å². The topological polar surface area (TPSA) is 85.2 Å². The number of rotatable bonds is 3. The van der Waals surface area contributed by atoms with Crippen molar-refractivity contribution in [1.29, 1.82) is 0 Å². The van der Waals surface area contributed by atoms with Crippen LogP contribution in [0.15, 0.2) is 35.1 Å². The smallest absolute Gasteiger partial charge is 0.356 e. The minimum atomic E-state index is -1.13. The molecule has 2 aromatic heterocycles. The third-order valence-corrected chi connectivity index (χ3v) is 2.20. The first-order valence-electron chi connectivity index (χ1n) is 4.50. The number of carboxylic acid groups (broad SMARTS) is 1. The Hall–Kier alpha value is -2.02. The summed E-state index contributed by atoms with van der Waals surface area (Å²) in [5, 5.41) is 15.8. The lowest BCUT2D eigenvalue weighted by Crippen LogP contribution is -2.02. The highest BCUT2D eigenvalue weighted by Gasteiger charge is 2.06. The van der Waals surface area contributed by atoms with Gasteiger partial charge in [-0.2, -0.15) is 0 Å². The van der Waals surface area contributed by atoms with Gasteiger partial charge >= 0.3 is 5.97 Å². The van der Waals surface area contributed by atoms with Crippen LogP contribution in [0.4, 0.5) is 0 Å². The maximum absolute atomic E-state index is 10.6. The number of halogens is 1. The molecule has 0 unspecified atom stereocenters. The number of hydrogen-bond donors (Lipinski definition) is 1. The third kappa shape index (κ3) is 2.97. The van der Waals surface area contributed by atoms with Crippen LogP contribution in [0.3, 0.4) is 0 Å². The van der Waals surface area contributed by atoms with Gasteiger partial charge in [-0.1, -0.05) is 0 Å².